The molecule has 0 N–H and O–H groups in total. The Morgan fingerprint density at radius 3 is 2.94 bits per heavy atom. The van der Waals surface area contributed by atoms with E-state index in [1.807, 2.05) is 19.1 Å². The third kappa shape index (κ3) is 1.63. The SMILES string of the molecule is Cc1n[c]sc1-c1ccnc(C2(C#N)CC2)c1. The molecule has 2 aromatic heterocycles. The van der Waals surface area contributed by atoms with Gasteiger partial charge >= 0.3 is 0 Å². The van der Waals surface area contributed by atoms with E-state index < -0.39 is 0 Å². The number of rotatable bonds is 2. The van der Waals surface area contributed by atoms with E-state index in [1.165, 1.54) is 11.3 Å². The maximum absolute atomic E-state index is 9.18. The Bertz CT molecular complexity index is 605. The minimum absolute atomic E-state index is 0.321. The van der Waals surface area contributed by atoms with E-state index >= 15 is 0 Å². The summed E-state index contributed by atoms with van der Waals surface area (Å²) in [6, 6.07) is 6.36. The number of nitriles is 1. The van der Waals surface area contributed by atoms with Crippen LogP contribution in [-0.2, 0) is 5.41 Å². The Hall–Kier alpha value is -1.73. The second-order valence-corrected chi connectivity index (χ2v) is 5.14. The molecule has 1 aliphatic carbocycles. The number of aryl methyl sites for hydroxylation is 1. The molecule has 0 atom stereocenters. The monoisotopic (exact) mass is 240 g/mol. The molecule has 2 heterocycles. The van der Waals surface area contributed by atoms with Gasteiger partial charge < -0.3 is 0 Å². The van der Waals surface area contributed by atoms with Crippen LogP contribution >= 0.6 is 11.3 Å². The van der Waals surface area contributed by atoms with Gasteiger partial charge in [-0.3, -0.25) is 4.98 Å². The van der Waals surface area contributed by atoms with Gasteiger partial charge in [-0.25, -0.2) is 4.98 Å². The topological polar surface area (TPSA) is 49.6 Å². The van der Waals surface area contributed by atoms with Crippen molar-refractivity contribution in [2.45, 2.75) is 25.2 Å². The highest BCUT2D eigenvalue weighted by Gasteiger charge is 2.46. The van der Waals surface area contributed by atoms with Gasteiger partial charge in [-0.05, 0) is 37.5 Å². The van der Waals surface area contributed by atoms with Crippen LogP contribution in [-0.4, -0.2) is 9.97 Å². The van der Waals surface area contributed by atoms with Crippen LogP contribution in [0.5, 0.6) is 0 Å². The Balaban J connectivity index is 2.07. The van der Waals surface area contributed by atoms with Crippen molar-refractivity contribution >= 4 is 11.3 Å². The van der Waals surface area contributed by atoms with E-state index in [0.29, 0.717) is 0 Å². The minimum atomic E-state index is -0.321. The highest BCUT2D eigenvalue weighted by molar-refractivity contribution is 7.12. The molecule has 2 aromatic rings. The number of nitrogens with zero attached hydrogens (tertiary/aromatic N) is 3. The lowest BCUT2D eigenvalue weighted by Gasteiger charge is -2.06. The van der Waals surface area contributed by atoms with E-state index in [9.17, 15) is 5.26 Å². The molecule has 0 amide bonds. The summed E-state index contributed by atoms with van der Waals surface area (Å²) in [4.78, 5) is 9.58. The van der Waals surface area contributed by atoms with Crippen molar-refractivity contribution in [3.05, 3.63) is 35.2 Å². The number of pyridine rings is 1. The molecule has 0 aliphatic heterocycles. The van der Waals surface area contributed by atoms with Crippen LogP contribution < -0.4 is 0 Å². The van der Waals surface area contributed by atoms with Gasteiger partial charge in [-0.15, -0.1) is 11.3 Å². The van der Waals surface area contributed by atoms with E-state index in [4.69, 9.17) is 0 Å². The Morgan fingerprint density at radius 2 is 2.35 bits per heavy atom. The molecular weight excluding hydrogens is 230 g/mol. The molecule has 3 rings (SSSR count). The van der Waals surface area contributed by atoms with E-state index in [-0.39, 0.29) is 5.41 Å². The first-order chi connectivity index (χ1) is 8.25. The van der Waals surface area contributed by atoms with Gasteiger partial charge in [0.25, 0.3) is 0 Å². The zero-order valence-electron chi connectivity index (χ0n) is 9.40. The Labute approximate surface area is 104 Å². The fourth-order valence-electron chi connectivity index (χ4n) is 1.91. The normalized spacial score (nSPS) is 16.5. The maximum atomic E-state index is 9.18. The van der Waals surface area contributed by atoms with Crippen LogP contribution in [0.25, 0.3) is 10.4 Å². The van der Waals surface area contributed by atoms with Crippen molar-refractivity contribution in [3.8, 4) is 16.5 Å². The van der Waals surface area contributed by atoms with Crippen LogP contribution in [0.1, 0.15) is 24.2 Å². The highest BCUT2D eigenvalue weighted by atomic mass is 32.1. The second kappa shape index (κ2) is 3.64. The smallest absolute Gasteiger partial charge is 0.153 e. The molecule has 3 nitrogen and oxygen atoms in total. The van der Waals surface area contributed by atoms with Crippen molar-refractivity contribution in [2.24, 2.45) is 0 Å². The fourth-order valence-corrected chi connectivity index (χ4v) is 2.63. The van der Waals surface area contributed by atoms with Crippen LogP contribution in [0.15, 0.2) is 18.3 Å². The quantitative estimate of drug-likeness (QED) is 0.811. The second-order valence-electron chi connectivity index (χ2n) is 4.34. The zero-order valence-corrected chi connectivity index (χ0v) is 10.2. The van der Waals surface area contributed by atoms with Gasteiger partial charge in [0.1, 0.15) is 0 Å². The van der Waals surface area contributed by atoms with Gasteiger partial charge in [0, 0.05) is 6.20 Å². The third-order valence-corrected chi connectivity index (χ3v) is 4.08. The van der Waals surface area contributed by atoms with Gasteiger partial charge in [0.15, 0.2) is 5.51 Å². The summed E-state index contributed by atoms with van der Waals surface area (Å²) in [6.45, 7) is 1.97. The van der Waals surface area contributed by atoms with Crippen LogP contribution in [0, 0.1) is 23.8 Å². The fraction of sp³-hybridized carbons (Fsp3) is 0.308. The molecule has 0 aromatic carbocycles. The lowest BCUT2D eigenvalue weighted by atomic mass is 10.0. The van der Waals surface area contributed by atoms with E-state index in [2.05, 4.69) is 21.5 Å². The summed E-state index contributed by atoms with van der Waals surface area (Å²) in [6.07, 6.45) is 3.63. The van der Waals surface area contributed by atoms with E-state index in [1.54, 1.807) is 6.20 Å². The third-order valence-electron chi connectivity index (χ3n) is 3.17. The molecule has 0 bridgehead atoms. The van der Waals surface area contributed by atoms with Crippen molar-refractivity contribution in [1.82, 2.24) is 9.97 Å². The van der Waals surface area contributed by atoms with Crippen LogP contribution in [0.4, 0.5) is 0 Å². The van der Waals surface area contributed by atoms with Gasteiger partial charge in [0.05, 0.1) is 27.7 Å². The van der Waals surface area contributed by atoms with Crippen LogP contribution in [0.3, 0.4) is 0 Å². The zero-order chi connectivity index (χ0) is 11.9. The van der Waals surface area contributed by atoms with Crippen molar-refractivity contribution in [3.63, 3.8) is 0 Å². The molecule has 0 unspecified atom stereocenters. The summed E-state index contributed by atoms with van der Waals surface area (Å²) < 4.78 is 0. The Morgan fingerprint density at radius 1 is 1.53 bits per heavy atom. The van der Waals surface area contributed by atoms with Crippen molar-refractivity contribution < 1.29 is 0 Å². The van der Waals surface area contributed by atoms with E-state index in [0.717, 1.165) is 34.7 Å². The molecule has 17 heavy (non-hydrogen) atoms. The summed E-state index contributed by atoms with van der Waals surface area (Å²) >= 11 is 1.50. The number of thiazole rings is 1. The molecule has 1 aliphatic rings. The summed E-state index contributed by atoms with van der Waals surface area (Å²) in [5.74, 6) is 0. The molecule has 1 fully saturated rings. The van der Waals surface area contributed by atoms with Gasteiger partial charge in [-0.1, -0.05) is 0 Å². The van der Waals surface area contributed by atoms with Crippen molar-refractivity contribution in [1.29, 1.82) is 5.26 Å². The highest BCUT2D eigenvalue weighted by Crippen LogP contribution is 2.47. The summed E-state index contributed by atoms with van der Waals surface area (Å²) in [5, 5.41) is 9.18. The molecular formula is C13H10N3S. The first-order valence-electron chi connectivity index (χ1n) is 5.47. The first-order valence-corrected chi connectivity index (χ1v) is 6.28. The minimum Gasteiger partial charge on any atom is -0.260 e. The van der Waals surface area contributed by atoms with Crippen molar-refractivity contribution in [2.75, 3.05) is 0 Å². The molecule has 1 saturated carbocycles. The molecule has 0 saturated heterocycles. The Kier molecular flexibility index (Phi) is 2.23. The largest absolute Gasteiger partial charge is 0.260 e. The van der Waals surface area contributed by atoms with Crippen LogP contribution in [0.2, 0.25) is 0 Å². The van der Waals surface area contributed by atoms with Gasteiger partial charge in [0.2, 0.25) is 0 Å². The predicted molar refractivity (Wildman–Crippen MR) is 65.4 cm³/mol. The average Bonchev–Trinajstić information content (AvgIpc) is 3.06. The number of hydrogen-bond donors (Lipinski definition) is 0. The molecule has 0 spiro atoms. The predicted octanol–water partition coefficient (Wildman–Crippen LogP) is 2.87. The summed E-state index contributed by atoms with van der Waals surface area (Å²) in [5.41, 5.74) is 5.53. The molecule has 1 radical (unpaired) electrons. The van der Waals surface area contributed by atoms with Gasteiger partial charge in [-0.2, -0.15) is 5.26 Å². The number of hydrogen-bond acceptors (Lipinski definition) is 4. The molecule has 83 valence electrons. The lowest BCUT2D eigenvalue weighted by molar-refractivity contribution is 0.855. The first kappa shape index (κ1) is 10.4. The number of aromatic nitrogens is 2. The maximum Gasteiger partial charge on any atom is 0.153 e. The average molecular weight is 240 g/mol. The lowest BCUT2D eigenvalue weighted by Crippen LogP contribution is -2.05. The molecule has 4 heteroatoms. The summed E-state index contributed by atoms with van der Waals surface area (Å²) in [7, 11) is 0. The standard InChI is InChI=1S/C13H10N3S/c1-9-12(17-8-16-9)10-2-5-15-11(6-10)13(7-14)3-4-13/h2,5-6H,3-4H2,1H3.